The van der Waals surface area contributed by atoms with Gasteiger partial charge in [0.05, 0.1) is 12.0 Å². The summed E-state index contributed by atoms with van der Waals surface area (Å²) in [5.74, 6) is -0.0329. The van der Waals surface area contributed by atoms with Gasteiger partial charge in [-0.2, -0.15) is 0 Å². The number of rotatable bonds is 3. The molecule has 0 atom stereocenters. The third-order valence-electron chi connectivity index (χ3n) is 4.11. The maximum atomic E-state index is 12.3. The lowest BCUT2D eigenvalue weighted by Gasteiger charge is -2.32. The van der Waals surface area contributed by atoms with Crippen molar-refractivity contribution in [1.29, 1.82) is 0 Å². The Bertz CT molecular complexity index is 734. The number of aromatic nitrogens is 2. The standard InChI is InChI=1S/C17H20N4O2/c1-19-7-9-20(10-8-19)17(23)12-21-13-18-15(11-16(21)22)14-5-3-2-4-6-14/h2-6,11,13H,7-10,12H2,1H3. The van der Waals surface area contributed by atoms with Crippen molar-refractivity contribution in [3.8, 4) is 11.3 Å². The summed E-state index contributed by atoms with van der Waals surface area (Å²) in [6.45, 7) is 3.20. The van der Waals surface area contributed by atoms with Gasteiger partial charge in [0.1, 0.15) is 6.54 Å². The molecule has 1 fully saturated rings. The van der Waals surface area contributed by atoms with Gasteiger partial charge >= 0.3 is 0 Å². The highest BCUT2D eigenvalue weighted by atomic mass is 16.2. The highest BCUT2D eigenvalue weighted by Gasteiger charge is 2.19. The Kier molecular flexibility index (Phi) is 4.52. The second kappa shape index (κ2) is 6.75. The van der Waals surface area contributed by atoms with Crippen LogP contribution in [0, 0.1) is 0 Å². The van der Waals surface area contributed by atoms with Crippen LogP contribution in [0.2, 0.25) is 0 Å². The maximum absolute atomic E-state index is 12.3. The Hall–Kier alpha value is -2.47. The predicted octanol–water partition coefficient (Wildman–Crippen LogP) is 0.684. The molecule has 1 aliphatic rings. The average molecular weight is 312 g/mol. The number of carbonyl (C=O) groups is 1. The summed E-state index contributed by atoms with van der Waals surface area (Å²) >= 11 is 0. The molecule has 1 aromatic carbocycles. The molecular weight excluding hydrogens is 292 g/mol. The predicted molar refractivity (Wildman–Crippen MR) is 88.0 cm³/mol. The molecule has 2 heterocycles. The molecule has 1 aliphatic heterocycles. The van der Waals surface area contributed by atoms with E-state index in [2.05, 4.69) is 9.88 Å². The van der Waals surface area contributed by atoms with Crippen LogP contribution >= 0.6 is 0 Å². The second-order valence-electron chi connectivity index (χ2n) is 5.79. The molecule has 0 N–H and O–H groups in total. The van der Waals surface area contributed by atoms with E-state index < -0.39 is 0 Å². The first-order valence-corrected chi connectivity index (χ1v) is 7.72. The van der Waals surface area contributed by atoms with Crippen molar-refractivity contribution in [2.24, 2.45) is 0 Å². The lowest BCUT2D eigenvalue weighted by Crippen LogP contribution is -2.48. The van der Waals surface area contributed by atoms with Gasteiger partial charge in [0.25, 0.3) is 5.56 Å². The minimum atomic E-state index is -0.207. The third-order valence-corrected chi connectivity index (χ3v) is 4.11. The summed E-state index contributed by atoms with van der Waals surface area (Å²) in [4.78, 5) is 32.8. The third kappa shape index (κ3) is 3.65. The average Bonchev–Trinajstić information content (AvgIpc) is 2.58. The van der Waals surface area contributed by atoms with Crippen molar-refractivity contribution < 1.29 is 4.79 Å². The van der Waals surface area contributed by atoms with Gasteiger partial charge in [-0.1, -0.05) is 30.3 Å². The summed E-state index contributed by atoms with van der Waals surface area (Å²) in [5, 5.41) is 0. The Morgan fingerprint density at radius 1 is 1.13 bits per heavy atom. The van der Waals surface area contributed by atoms with Gasteiger partial charge in [0.2, 0.25) is 5.91 Å². The van der Waals surface area contributed by atoms with E-state index in [0.29, 0.717) is 18.8 Å². The lowest BCUT2D eigenvalue weighted by molar-refractivity contribution is -0.133. The number of carbonyl (C=O) groups excluding carboxylic acids is 1. The van der Waals surface area contributed by atoms with E-state index >= 15 is 0 Å². The minimum absolute atomic E-state index is 0.0329. The van der Waals surface area contributed by atoms with Crippen molar-refractivity contribution in [3.05, 3.63) is 53.1 Å². The maximum Gasteiger partial charge on any atom is 0.254 e. The fourth-order valence-corrected chi connectivity index (χ4v) is 2.61. The van der Waals surface area contributed by atoms with Crippen LogP contribution in [0.15, 0.2) is 47.5 Å². The van der Waals surface area contributed by atoms with Gasteiger partial charge in [-0.15, -0.1) is 0 Å². The van der Waals surface area contributed by atoms with Gasteiger partial charge in [-0.25, -0.2) is 4.98 Å². The molecule has 6 heteroatoms. The first kappa shape index (κ1) is 15.4. The first-order chi connectivity index (χ1) is 11.1. The SMILES string of the molecule is CN1CCN(C(=O)Cn2cnc(-c3ccccc3)cc2=O)CC1. The number of piperazine rings is 1. The Morgan fingerprint density at radius 2 is 1.83 bits per heavy atom. The Labute approximate surface area is 135 Å². The van der Waals surface area contributed by atoms with E-state index in [0.717, 1.165) is 18.7 Å². The van der Waals surface area contributed by atoms with E-state index in [1.807, 2.05) is 37.4 Å². The van der Waals surface area contributed by atoms with E-state index in [9.17, 15) is 9.59 Å². The van der Waals surface area contributed by atoms with Gasteiger partial charge in [0.15, 0.2) is 0 Å². The van der Waals surface area contributed by atoms with Crippen LogP contribution in [0.25, 0.3) is 11.3 Å². The molecule has 1 saturated heterocycles. The summed E-state index contributed by atoms with van der Waals surface area (Å²) in [7, 11) is 2.04. The molecule has 2 aromatic rings. The quantitative estimate of drug-likeness (QED) is 0.836. The van der Waals surface area contributed by atoms with Crippen molar-refractivity contribution in [3.63, 3.8) is 0 Å². The molecule has 0 saturated carbocycles. The summed E-state index contributed by atoms with van der Waals surface area (Å²) in [5.41, 5.74) is 1.31. The highest BCUT2D eigenvalue weighted by molar-refractivity contribution is 5.76. The fourth-order valence-electron chi connectivity index (χ4n) is 2.61. The Balaban J connectivity index is 1.72. The zero-order chi connectivity index (χ0) is 16.2. The molecule has 3 rings (SSSR count). The smallest absolute Gasteiger partial charge is 0.254 e. The monoisotopic (exact) mass is 312 g/mol. The van der Waals surface area contributed by atoms with Crippen LogP contribution in [-0.2, 0) is 11.3 Å². The largest absolute Gasteiger partial charge is 0.339 e. The molecule has 23 heavy (non-hydrogen) atoms. The van der Waals surface area contributed by atoms with Crippen LogP contribution in [0.1, 0.15) is 0 Å². The van der Waals surface area contributed by atoms with Crippen molar-refractivity contribution >= 4 is 5.91 Å². The zero-order valence-electron chi connectivity index (χ0n) is 13.2. The minimum Gasteiger partial charge on any atom is -0.339 e. The Morgan fingerprint density at radius 3 is 2.48 bits per heavy atom. The number of hydrogen-bond acceptors (Lipinski definition) is 4. The van der Waals surface area contributed by atoms with Crippen LogP contribution < -0.4 is 5.56 Å². The molecule has 0 radical (unpaired) electrons. The van der Waals surface area contributed by atoms with Crippen molar-refractivity contribution in [2.75, 3.05) is 33.2 Å². The van der Waals surface area contributed by atoms with Gasteiger partial charge < -0.3 is 9.80 Å². The molecule has 1 aromatic heterocycles. The van der Waals surface area contributed by atoms with Crippen molar-refractivity contribution in [1.82, 2.24) is 19.4 Å². The highest BCUT2D eigenvalue weighted by Crippen LogP contribution is 2.13. The van der Waals surface area contributed by atoms with Gasteiger partial charge in [-0.05, 0) is 7.05 Å². The number of likely N-dealkylation sites (N-methyl/N-ethyl adjacent to an activating group) is 1. The molecule has 1 amide bonds. The van der Waals surface area contributed by atoms with E-state index in [1.54, 1.807) is 4.90 Å². The van der Waals surface area contributed by atoms with Gasteiger partial charge in [-0.3, -0.25) is 14.2 Å². The summed E-state index contributed by atoms with van der Waals surface area (Å²) in [6.07, 6.45) is 1.46. The van der Waals surface area contributed by atoms with Crippen LogP contribution in [0.3, 0.4) is 0 Å². The van der Waals surface area contributed by atoms with E-state index in [4.69, 9.17) is 0 Å². The topological polar surface area (TPSA) is 58.4 Å². The normalized spacial score (nSPS) is 15.6. The summed E-state index contributed by atoms with van der Waals surface area (Å²) in [6, 6.07) is 11.0. The molecule has 120 valence electrons. The van der Waals surface area contributed by atoms with Crippen LogP contribution in [0.4, 0.5) is 0 Å². The molecule has 0 unspecified atom stereocenters. The van der Waals surface area contributed by atoms with Crippen LogP contribution in [0.5, 0.6) is 0 Å². The summed E-state index contributed by atoms with van der Waals surface area (Å²) < 4.78 is 1.37. The van der Waals surface area contributed by atoms with Gasteiger partial charge in [0, 0.05) is 37.8 Å². The van der Waals surface area contributed by atoms with Crippen LogP contribution in [-0.4, -0.2) is 58.5 Å². The molecular formula is C17H20N4O2. The second-order valence-corrected chi connectivity index (χ2v) is 5.79. The zero-order valence-corrected chi connectivity index (χ0v) is 13.2. The van der Waals surface area contributed by atoms with E-state index in [1.165, 1.54) is 17.0 Å². The fraction of sp³-hybridized carbons (Fsp3) is 0.353. The first-order valence-electron chi connectivity index (χ1n) is 7.72. The molecule has 0 spiro atoms. The number of amides is 1. The molecule has 6 nitrogen and oxygen atoms in total. The molecule has 0 bridgehead atoms. The number of benzene rings is 1. The molecule has 0 aliphatic carbocycles. The number of nitrogens with zero attached hydrogens (tertiary/aromatic N) is 4. The number of hydrogen-bond donors (Lipinski definition) is 0. The van der Waals surface area contributed by atoms with E-state index in [-0.39, 0.29) is 18.0 Å². The van der Waals surface area contributed by atoms with Crippen molar-refractivity contribution in [2.45, 2.75) is 6.54 Å². The lowest BCUT2D eigenvalue weighted by atomic mass is 10.1.